The zero-order valence-electron chi connectivity index (χ0n) is 9.31. The van der Waals surface area contributed by atoms with E-state index in [1.54, 1.807) is 0 Å². The van der Waals surface area contributed by atoms with Crippen LogP contribution in [0.5, 0.6) is 0 Å². The molecule has 4 heteroatoms. The monoisotopic (exact) mass is 220 g/mol. The molecule has 1 aromatic rings. The lowest BCUT2D eigenvalue weighted by Gasteiger charge is -2.21. The van der Waals surface area contributed by atoms with E-state index in [-0.39, 0.29) is 0 Å². The summed E-state index contributed by atoms with van der Waals surface area (Å²) in [6.45, 7) is 3.11. The highest BCUT2D eigenvalue weighted by Gasteiger charge is 2.41. The van der Waals surface area contributed by atoms with Crippen molar-refractivity contribution in [2.24, 2.45) is 5.73 Å². The summed E-state index contributed by atoms with van der Waals surface area (Å²) in [5.74, 6) is -0.915. The number of carbonyl (C=O) groups is 1. The second-order valence-electron chi connectivity index (χ2n) is 4.47. The molecule has 1 fully saturated rings. The quantitative estimate of drug-likeness (QED) is 0.780. The summed E-state index contributed by atoms with van der Waals surface area (Å²) in [5.41, 5.74) is 6.96. The molecule has 86 valence electrons. The summed E-state index contributed by atoms with van der Waals surface area (Å²) >= 11 is 0. The van der Waals surface area contributed by atoms with Crippen LogP contribution < -0.4 is 10.6 Å². The smallest absolute Gasteiger partial charge is 0.325 e. The van der Waals surface area contributed by atoms with Gasteiger partial charge in [0.15, 0.2) is 0 Å². The van der Waals surface area contributed by atoms with Gasteiger partial charge in [-0.2, -0.15) is 0 Å². The summed E-state index contributed by atoms with van der Waals surface area (Å²) in [6, 6.07) is 8.05. The molecular weight excluding hydrogens is 204 g/mol. The Hall–Kier alpha value is -1.55. The fraction of sp³-hybridized carbons (Fsp3) is 0.417. The highest BCUT2D eigenvalue weighted by molar-refractivity contribution is 5.80. The molecule has 2 rings (SSSR count). The molecule has 4 nitrogen and oxygen atoms in total. The van der Waals surface area contributed by atoms with Crippen molar-refractivity contribution in [1.82, 2.24) is 0 Å². The topological polar surface area (TPSA) is 66.6 Å². The Morgan fingerprint density at radius 3 is 2.56 bits per heavy atom. The number of nitrogens with zero attached hydrogens (tertiary/aromatic N) is 1. The van der Waals surface area contributed by atoms with Crippen LogP contribution in [0.1, 0.15) is 12.0 Å². The maximum atomic E-state index is 11.0. The third-order valence-electron chi connectivity index (χ3n) is 3.13. The van der Waals surface area contributed by atoms with E-state index >= 15 is 0 Å². The SMILES string of the molecule is Cc1ccc(N2CCC(N)(C(=O)O)C2)cc1. The molecular formula is C12H16N2O2. The minimum absolute atomic E-state index is 0.380. The van der Waals surface area contributed by atoms with Gasteiger partial charge in [0, 0.05) is 18.8 Å². The molecule has 0 bridgehead atoms. The summed E-state index contributed by atoms with van der Waals surface area (Å²) in [5, 5.41) is 9.03. The Balaban J connectivity index is 2.15. The molecule has 0 amide bonds. The van der Waals surface area contributed by atoms with E-state index in [2.05, 4.69) is 0 Å². The zero-order chi connectivity index (χ0) is 11.8. The van der Waals surface area contributed by atoms with Crippen LogP contribution in [0.25, 0.3) is 0 Å². The number of hydrogen-bond acceptors (Lipinski definition) is 3. The predicted molar refractivity (Wildman–Crippen MR) is 62.6 cm³/mol. The number of hydrogen-bond donors (Lipinski definition) is 2. The molecule has 1 aromatic carbocycles. The van der Waals surface area contributed by atoms with Crippen LogP contribution in [0.15, 0.2) is 24.3 Å². The van der Waals surface area contributed by atoms with Crippen molar-refractivity contribution >= 4 is 11.7 Å². The number of aryl methyl sites for hydroxylation is 1. The molecule has 1 aliphatic heterocycles. The molecule has 0 saturated carbocycles. The third kappa shape index (κ3) is 1.88. The van der Waals surface area contributed by atoms with E-state index in [0.717, 1.165) is 5.69 Å². The van der Waals surface area contributed by atoms with Crippen LogP contribution in [0.2, 0.25) is 0 Å². The van der Waals surface area contributed by atoms with Crippen molar-refractivity contribution in [1.29, 1.82) is 0 Å². The van der Waals surface area contributed by atoms with Crippen molar-refractivity contribution in [3.8, 4) is 0 Å². The highest BCUT2D eigenvalue weighted by Crippen LogP contribution is 2.25. The molecule has 0 radical (unpaired) electrons. The zero-order valence-corrected chi connectivity index (χ0v) is 9.31. The normalized spacial score (nSPS) is 24.8. The summed E-state index contributed by atoms with van der Waals surface area (Å²) < 4.78 is 0. The number of carboxylic acid groups (broad SMARTS) is 1. The Morgan fingerprint density at radius 2 is 2.06 bits per heavy atom. The first-order valence-electron chi connectivity index (χ1n) is 5.35. The highest BCUT2D eigenvalue weighted by atomic mass is 16.4. The van der Waals surface area contributed by atoms with Gasteiger partial charge in [0.05, 0.1) is 0 Å². The number of rotatable bonds is 2. The number of nitrogens with two attached hydrogens (primary N) is 1. The molecule has 0 aromatic heterocycles. The van der Waals surface area contributed by atoms with Crippen molar-refractivity contribution in [3.05, 3.63) is 29.8 Å². The minimum atomic E-state index is -1.09. The van der Waals surface area contributed by atoms with E-state index < -0.39 is 11.5 Å². The number of carboxylic acids is 1. The van der Waals surface area contributed by atoms with Gasteiger partial charge in [-0.3, -0.25) is 4.79 Å². The molecule has 1 saturated heterocycles. The Bertz CT molecular complexity index is 402. The maximum Gasteiger partial charge on any atom is 0.325 e. The van der Waals surface area contributed by atoms with Crippen LogP contribution in [0.4, 0.5) is 5.69 Å². The molecule has 0 aliphatic carbocycles. The fourth-order valence-electron chi connectivity index (χ4n) is 1.98. The minimum Gasteiger partial charge on any atom is -0.480 e. The Labute approximate surface area is 94.7 Å². The van der Waals surface area contributed by atoms with Gasteiger partial charge in [0.2, 0.25) is 0 Å². The molecule has 1 atom stereocenters. The number of aliphatic carboxylic acids is 1. The van der Waals surface area contributed by atoms with Crippen LogP contribution >= 0.6 is 0 Å². The van der Waals surface area contributed by atoms with E-state index in [9.17, 15) is 4.79 Å². The van der Waals surface area contributed by atoms with Crippen molar-refractivity contribution in [3.63, 3.8) is 0 Å². The van der Waals surface area contributed by atoms with E-state index in [4.69, 9.17) is 10.8 Å². The molecule has 3 N–H and O–H groups in total. The molecule has 1 heterocycles. The van der Waals surface area contributed by atoms with Crippen LogP contribution in [-0.2, 0) is 4.79 Å². The van der Waals surface area contributed by atoms with E-state index in [0.29, 0.717) is 19.5 Å². The van der Waals surface area contributed by atoms with Crippen molar-refractivity contribution in [2.75, 3.05) is 18.0 Å². The van der Waals surface area contributed by atoms with Gasteiger partial charge in [0.1, 0.15) is 5.54 Å². The van der Waals surface area contributed by atoms with Gasteiger partial charge < -0.3 is 15.7 Å². The second-order valence-corrected chi connectivity index (χ2v) is 4.47. The second kappa shape index (κ2) is 3.79. The lowest BCUT2D eigenvalue weighted by Crippen LogP contribution is -2.50. The van der Waals surface area contributed by atoms with Gasteiger partial charge in [-0.25, -0.2) is 0 Å². The van der Waals surface area contributed by atoms with Gasteiger partial charge >= 0.3 is 5.97 Å². The van der Waals surface area contributed by atoms with Gasteiger partial charge in [-0.15, -0.1) is 0 Å². The Morgan fingerprint density at radius 1 is 1.44 bits per heavy atom. The first-order valence-corrected chi connectivity index (χ1v) is 5.35. The van der Waals surface area contributed by atoms with Crippen LogP contribution in [-0.4, -0.2) is 29.7 Å². The summed E-state index contributed by atoms with van der Waals surface area (Å²) in [7, 11) is 0. The summed E-state index contributed by atoms with van der Waals surface area (Å²) in [6.07, 6.45) is 0.496. The van der Waals surface area contributed by atoms with E-state index in [1.165, 1.54) is 5.56 Å². The van der Waals surface area contributed by atoms with Gasteiger partial charge in [0.25, 0.3) is 0 Å². The van der Waals surface area contributed by atoms with Crippen LogP contribution in [0, 0.1) is 6.92 Å². The van der Waals surface area contributed by atoms with E-state index in [1.807, 2.05) is 36.1 Å². The summed E-state index contributed by atoms with van der Waals surface area (Å²) in [4.78, 5) is 13.0. The van der Waals surface area contributed by atoms with Crippen molar-refractivity contribution in [2.45, 2.75) is 18.9 Å². The van der Waals surface area contributed by atoms with Gasteiger partial charge in [-0.1, -0.05) is 17.7 Å². The molecule has 16 heavy (non-hydrogen) atoms. The van der Waals surface area contributed by atoms with Crippen molar-refractivity contribution < 1.29 is 9.90 Å². The standard InChI is InChI=1S/C12H16N2O2/c1-9-2-4-10(5-3-9)14-7-6-12(13,8-14)11(15)16/h2-5H,6-8,13H2,1H3,(H,15,16). The molecule has 1 aliphatic rings. The number of anilines is 1. The first kappa shape index (κ1) is 11.0. The maximum absolute atomic E-state index is 11.0. The number of benzene rings is 1. The lowest BCUT2D eigenvalue weighted by atomic mass is 10.0. The largest absolute Gasteiger partial charge is 0.480 e. The average molecular weight is 220 g/mol. The fourth-order valence-corrected chi connectivity index (χ4v) is 1.98. The predicted octanol–water partition coefficient (Wildman–Crippen LogP) is 0.987. The van der Waals surface area contributed by atoms with Crippen LogP contribution in [0.3, 0.4) is 0 Å². The van der Waals surface area contributed by atoms with Gasteiger partial charge in [-0.05, 0) is 25.5 Å². The molecule has 1 unspecified atom stereocenters. The first-order chi connectivity index (χ1) is 7.51. The average Bonchev–Trinajstić information content (AvgIpc) is 2.63. The Kier molecular flexibility index (Phi) is 2.59. The molecule has 0 spiro atoms. The lowest BCUT2D eigenvalue weighted by molar-refractivity contribution is -0.142. The third-order valence-corrected chi connectivity index (χ3v) is 3.13.